The van der Waals surface area contributed by atoms with Crippen molar-refractivity contribution in [1.82, 2.24) is 14.9 Å². The summed E-state index contributed by atoms with van der Waals surface area (Å²) in [6.07, 6.45) is 7.96. The lowest BCUT2D eigenvalue weighted by Gasteiger charge is -2.29. The zero-order valence-corrected chi connectivity index (χ0v) is 15.5. The van der Waals surface area contributed by atoms with Gasteiger partial charge in [0.2, 0.25) is 12.3 Å². The fourth-order valence-electron chi connectivity index (χ4n) is 3.78. The van der Waals surface area contributed by atoms with Crippen molar-refractivity contribution in [2.45, 2.75) is 51.5 Å². The number of carbonyl (C=O) groups is 3. The van der Waals surface area contributed by atoms with E-state index in [1.165, 1.54) is 12.5 Å². The van der Waals surface area contributed by atoms with Gasteiger partial charge in [-0.05, 0) is 31.1 Å². The molecule has 1 saturated heterocycles. The van der Waals surface area contributed by atoms with Gasteiger partial charge in [0.15, 0.2) is 0 Å². The van der Waals surface area contributed by atoms with Gasteiger partial charge in [0.25, 0.3) is 5.91 Å². The van der Waals surface area contributed by atoms with Crippen molar-refractivity contribution in [3.05, 3.63) is 12.5 Å². The Morgan fingerprint density at radius 1 is 1.56 bits per heavy atom. The number of likely N-dealkylation sites (tertiary alicyclic amines) is 1. The first-order valence-corrected chi connectivity index (χ1v) is 9.39. The summed E-state index contributed by atoms with van der Waals surface area (Å²) in [5.74, 6) is -1.05. The SMILES string of the molecule is CCCCC(CN(O)C=O)C(=O)N1CC2(CC2)C[C@H]1C(=O)Nc1ncco1. The van der Waals surface area contributed by atoms with Crippen molar-refractivity contribution in [3.63, 3.8) is 0 Å². The number of carbonyl (C=O) groups excluding carboxylic acids is 3. The van der Waals surface area contributed by atoms with Gasteiger partial charge in [-0.15, -0.1) is 0 Å². The number of nitrogens with zero attached hydrogens (tertiary/aromatic N) is 3. The van der Waals surface area contributed by atoms with Crippen LogP contribution >= 0.6 is 0 Å². The first kappa shape index (κ1) is 19.3. The first-order valence-electron chi connectivity index (χ1n) is 9.39. The third-order valence-electron chi connectivity index (χ3n) is 5.50. The lowest BCUT2D eigenvalue weighted by molar-refractivity contribution is -0.157. The lowest BCUT2D eigenvalue weighted by Crippen LogP contribution is -2.47. The van der Waals surface area contributed by atoms with Gasteiger partial charge in [-0.2, -0.15) is 0 Å². The van der Waals surface area contributed by atoms with E-state index >= 15 is 0 Å². The molecule has 1 saturated carbocycles. The minimum atomic E-state index is -0.598. The highest BCUT2D eigenvalue weighted by atomic mass is 16.5. The molecule has 2 fully saturated rings. The monoisotopic (exact) mass is 378 g/mol. The molecule has 1 aromatic rings. The highest BCUT2D eigenvalue weighted by Crippen LogP contribution is 2.55. The number of anilines is 1. The summed E-state index contributed by atoms with van der Waals surface area (Å²) in [6, 6.07) is -0.492. The summed E-state index contributed by atoms with van der Waals surface area (Å²) in [7, 11) is 0. The Hall–Kier alpha value is -2.42. The maximum atomic E-state index is 13.2. The van der Waals surface area contributed by atoms with Crippen LogP contribution in [0.3, 0.4) is 0 Å². The van der Waals surface area contributed by atoms with Gasteiger partial charge in [-0.3, -0.25) is 24.9 Å². The zero-order valence-electron chi connectivity index (χ0n) is 15.5. The summed E-state index contributed by atoms with van der Waals surface area (Å²) >= 11 is 0. The van der Waals surface area contributed by atoms with E-state index in [2.05, 4.69) is 10.3 Å². The molecule has 2 aliphatic rings. The Balaban J connectivity index is 1.74. The molecule has 1 spiro atoms. The van der Waals surface area contributed by atoms with Crippen LogP contribution < -0.4 is 5.32 Å². The molecule has 0 bridgehead atoms. The maximum Gasteiger partial charge on any atom is 0.301 e. The van der Waals surface area contributed by atoms with Crippen molar-refractivity contribution < 1.29 is 24.0 Å². The molecule has 1 aromatic heterocycles. The molecule has 148 valence electrons. The molecule has 9 heteroatoms. The number of hydrogen-bond donors (Lipinski definition) is 2. The van der Waals surface area contributed by atoms with Crippen LogP contribution in [-0.4, -0.2) is 57.5 Å². The van der Waals surface area contributed by atoms with E-state index in [9.17, 15) is 19.6 Å². The predicted molar refractivity (Wildman–Crippen MR) is 94.5 cm³/mol. The van der Waals surface area contributed by atoms with Crippen molar-refractivity contribution in [1.29, 1.82) is 0 Å². The molecule has 3 amide bonds. The van der Waals surface area contributed by atoms with E-state index in [-0.39, 0.29) is 29.8 Å². The number of unbranched alkanes of at least 4 members (excludes halogenated alkanes) is 1. The molecule has 1 unspecified atom stereocenters. The standard InChI is InChI=1S/C18H26N4O5/c1-2-3-4-13(10-21(26)12-23)16(25)22-11-18(5-6-18)9-14(22)15(24)20-17-19-7-8-27-17/h7-8,12-14,26H,2-6,9-11H2,1H3,(H,19,20,24)/t13?,14-/m0/s1. The van der Waals surface area contributed by atoms with Gasteiger partial charge in [0.05, 0.1) is 18.7 Å². The van der Waals surface area contributed by atoms with Crippen molar-refractivity contribution >= 4 is 24.2 Å². The molecule has 2 atom stereocenters. The Morgan fingerprint density at radius 3 is 2.93 bits per heavy atom. The van der Waals surface area contributed by atoms with Gasteiger partial charge in [-0.1, -0.05) is 19.8 Å². The van der Waals surface area contributed by atoms with Gasteiger partial charge in [-0.25, -0.2) is 10.0 Å². The molecule has 0 radical (unpaired) electrons. The summed E-state index contributed by atoms with van der Waals surface area (Å²) in [5.41, 5.74) is 0.0210. The Morgan fingerprint density at radius 2 is 2.33 bits per heavy atom. The second kappa shape index (κ2) is 8.08. The summed E-state index contributed by atoms with van der Waals surface area (Å²) in [6.45, 7) is 2.48. The van der Waals surface area contributed by atoms with Crippen LogP contribution in [-0.2, 0) is 14.4 Å². The van der Waals surface area contributed by atoms with Crippen molar-refractivity contribution in [2.24, 2.45) is 11.3 Å². The average molecular weight is 378 g/mol. The Bertz CT molecular complexity index is 673. The smallest absolute Gasteiger partial charge is 0.301 e. The number of oxazole rings is 1. The second-order valence-electron chi connectivity index (χ2n) is 7.58. The van der Waals surface area contributed by atoms with E-state index in [1.54, 1.807) is 4.90 Å². The van der Waals surface area contributed by atoms with E-state index in [4.69, 9.17) is 4.42 Å². The first-order chi connectivity index (χ1) is 13.0. The molecule has 2 heterocycles. The normalized spacial score (nSPS) is 21.1. The number of rotatable bonds is 9. The average Bonchev–Trinajstić information content (AvgIpc) is 3.05. The van der Waals surface area contributed by atoms with Crippen LogP contribution in [0, 0.1) is 11.3 Å². The third-order valence-corrected chi connectivity index (χ3v) is 5.50. The van der Waals surface area contributed by atoms with Crippen LogP contribution in [0.25, 0.3) is 0 Å². The number of nitrogens with one attached hydrogen (secondary N) is 1. The molecule has 1 aliphatic carbocycles. The van der Waals surface area contributed by atoms with E-state index in [1.807, 2.05) is 6.92 Å². The molecular weight excluding hydrogens is 352 g/mol. The second-order valence-corrected chi connectivity index (χ2v) is 7.58. The predicted octanol–water partition coefficient (Wildman–Crippen LogP) is 1.65. The molecule has 1 aliphatic heterocycles. The zero-order chi connectivity index (χ0) is 19.4. The lowest BCUT2D eigenvalue weighted by atomic mass is 9.99. The minimum Gasteiger partial charge on any atom is -0.432 e. The van der Waals surface area contributed by atoms with Crippen molar-refractivity contribution in [2.75, 3.05) is 18.4 Å². The van der Waals surface area contributed by atoms with Crippen LogP contribution in [0.1, 0.15) is 45.4 Å². The third kappa shape index (κ3) is 4.47. The van der Waals surface area contributed by atoms with Gasteiger partial charge < -0.3 is 9.32 Å². The summed E-state index contributed by atoms with van der Waals surface area (Å²) in [5, 5.41) is 12.7. The fraction of sp³-hybridized carbons (Fsp3) is 0.667. The molecular formula is C18H26N4O5. The Kier molecular flexibility index (Phi) is 5.79. The van der Waals surface area contributed by atoms with Crippen molar-refractivity contribution in [3.8, 4) is 0 Å². The summed E-state index contributed by atoms with van der Waals surface area (Å²) < 4.78 is 5.07. The molecule has 2 N–H and O–H groups in total. The van der Waals surface area contributed by atoms with Crippen LogP contribution in [0.5, 0.6) is 0 Å². The van der Waals surface area contributed by atoms with Crippen LogP contribution in [0.4, 0.5) is 6.01 Å². The quantitative estimate of drug-likeness (QED) is 0.383. The Labute approximate surface area is 157 Å². The van der Waals surface area contributed by atoms with E-state index < -0.39 is 12.0 Å². The molecule has 3 rings (SSSR count). The van der Waals surface area contributed by atoms with E-state index in [0.717, 1.165) is 25.7 Å². The number of hydrogen-bond acceptors (Lipinski definition) is 6. The summed E-state index contributed by atoms with van der Waals surface area (Å²) in [4.78, 5) is 42.2. The fourth-order valence-corrected chi connectivity index (χ4v) is 3.78. The number of aromatic nitrogens is 1. The van der Waals surface area contributed by atoms with Gasteiger partial charge in [0.1, 0.15) is 12.3 Å². The highest BCUT2D eigenvalue weighted by molar-refractivity contribution is 5.96. The minimum absolute atomic E-state index is 0.0210. The molecule has 9 nitrogen and oxygen atoms in total. The maximum absolute atomic E-state index is 13.2. The van der Waals surface area contributed by atoms with E-state index in [0.29, 0.717) is 30.9 Å². The molecule has 0 aromatic carbocycles. The van der Waals surface area contributed by atoms with Crippen LogP contribution in [0.15, 0.2) is 16.9 Å². The van der Waals surface area contributed by atoms with Gasteiger partial charge in [0, 0.05) is 6.54 Å². The number of amides is 3. The van der Waals surface area contributed by atoms with Gasteiger partial charge >= 0.3 is 6.01 Å². The number of hydroxylamine groups is 2. The largest absolute Gasteiger partial charge is 0.432 e. The van der Waals surface area contributed by atoms with Crippen LogP contribution in [0.2, 0.25) is 0 Å². The topological polar surface area (TPSA) is 116 Å². The highest BCUT2D eigenvalue weighted by Gasteiger charge is 2.55. The molecule has 27 heavy (non-hydrogen) atoms.